The summed E-state index contributed by atoms with van der Waals surface area (Å²) >= 11 is 0. The molecule has 1 unspecified atom stereocenters. The molecule has 0 amide bonds. The molecule has 1 N–H and O–H groups in total. The molecule has 0 radical (unpaired) electrons. The van der Waals surface area contributed by atoms with Gasteiger partial charge in [0.1, 0.15) is 5.82 Å². The third-order valence-corrected chi connectivity index (χ3v) is 2.40. The summed E-state index contributed by atoms with van der Waals surface area (Å²) in [6.45, 7) is 1.08. The van der Waals surface area contributed by atoms with E-state index in [0.29, 0.717) is 6.04 Å². The summed E-state index contributed by atoms with van der Waals surface area (Å²) in [5.41, 5.74) is 0.847. The van der Waals surface area contributed by atoms with Crippen molar-refractivity contribution in [3.05, 3.63) is 29.8 Å². The first kappa shape index (κ1) is 8.63. The number of pyridine rings is 1. The summed E-state index contributed by atoms with van der Waals surface area (Å²) in [5.74, 6) is -0.192. The van der Waals surface area contributed by atoms with E-state index in [1.54, 1.807) is 0 Å². The molecule has 0 spiro atoms. The van der Waals surface area contributed by atoms with Crippen molar-refractivity contribution in [1.82, 2.24) is 10.3 Å². The van der Waals surface area contributed by atoms with Gasteiger partial charge in [0, 0.05) is 24.4 Å². The van der Waals surface area contributed by atoms with Gasteiger partial charge in [-0.3, -0.25) is 4.98 Å². The summed E-state index contributed by atoms with van der Waals surface area (Å²) in [5, 5.41) is 3.36. The third-order valence-electron chi connectivity index (χ3n) is 2.40. The molecule has 2 nitrogen and oxygen atoms in total. The summed E-state index contributed by atoms with van der Waals surface area (Å²) in [6.07, 6.45) is 4.77. The first-order valence-electron chi connectivity index (χ1n) is 4.68. The fourth-order valence-corrected chi connectivity index (χ4v) is 1.74. The highest BCUT2D eigenvalue weighted by Crippen LogP contribution is 2.10. The van der Waals surface area contributed by atoms with E-state index in [-0.39, 0.29) is 5.82 Å². The van der Waals surface area contributed by atoms with Crippen molar-refractivity contribution in [1.29, 1.82) is 0 Å². The molecule has 1 saturated heterocycles. The van der Waals surface area contributed by atoms with Crippen LogP contribution in [-0.4, -0.2) is 17.6 Å². The predicted octanol–water partition coefficient (Wildman–Crippen LogP) is 1.52. The summed E-state index contributed by atoms with van der Waals surface area (Å²) in [6, 6.07) is 3.39. The zero-order valence-corrected chi connectivity index (χ0v) is 7.46. The van der Waals surface area contributed by atoms with Crippen molar-refractivity contribution in [2.45, 2.75) is 25.3 Å². The largest absolute Gasteiger partial charge is 0.314 e. The van der Waals surface area contributed by atoms with E-state index < -0.39 is 0 Å². The van der Waals surface area contributed by atoms with Crippen LogP contribution in [0.3, 0.4) is 0 Å². The smallest absolute Gasteiger partial charge is 0.126 e. The Bertz CT molecular complexity index is 282. The Morgan fingerprint density at radius 2 is 2.54 bits per heavy atom. The molecular weight excluding hydrogens is 167 g/mol. The van der Waals surface area contributed by atoms with E-state index in [2.05, 4.69) is 10.3 Å². The minimum absolute atomic E-state index is 0.192. The first-order valence-corrected chi connectivity index (χ1v) is 4.68. The lowest BCUT2D eigenvalue weighted by Crippen LogP contribution is -2.24. The van der Waals surface area contributed by atoms with Gasteiger partial charge in [0.05, 0.1) is 0 Å². The lowest BCUT2D eigenvalue weighted by atomic mass is 10.1. The van der Waals surface area contributed by atoms with Crippen LogP contribution in [0.4, 0.5) is 4.39 Å². The molecule has 1 fully saturated rings. The van der Waals surface area contributed by atoms with Crippen LogP contribution in [0.1, 0.15) is 18.5 Å². The quantitative estimate of drug-likeness (QED) is 0.746. The fraction of sp³-hybridized carbons (Fsp3) is 0.500. The molecule has 2 rings (SSSR count). The van der Waals surface area contributed by atoms with Gasteiger partial charge < -0.3 is 5.32 Å². The lowest BCUT2D eigenvalue weighted by molar-refractivity contribution is 0.583. The second-order valence-electron chi connectivity index (χ2n) is 3.46. The van der Waals surface area contributed by atoms with Gasteiger partial charge in [0.25, 0.3) is 0 Å². The number of hydrogen-bond acceptors (Lipinski definition) is 2. The molecule has 13 heavy (non-hydrogen) atoms. The van der Waals surface area contributed by atoms with Crippen molar-refractivity contribution in [3.8, 4) is 0 Å². The van der Waals surface area contributed by atoms with E-state index in [4.69, 9.17) is 0 Å². The van der Waals surface area contributed by atoms with Crippen LogP contribution in [0.2, 0.25) is 0 Å². The monoisotopic (exact) mass is 180 g/mol. The Kier molecular flexibility index (Phi) is 2.54. The van der Waals surface area contributed by atoms with Gasteiger partial charge in [-0.15, -0.1) is 0 Å². The lowest BCUT2D eigenvalue weighted by Gasteiger charge is -2.08. The number of nitrogens with zero attached hydrogens (tertiary/aromatic N) is 1. The Hall–Kier alpha value is -0.960. The van der Waals surface area contributed by atoms with E-state index in [1.165, 1.54) is 31.2 Å². The normalized spacial score (nSPS) is 22.1. The van der Waals surface area contributed by atoms with Gasteiger partial charge in [0.2, 0.25) is 0 Å². The second-order valence-corrected chi connectivity index (χ2v) is 3.46. The van der Waals surface area contributed by atoms with E-state index in [0.717, 1.165) is 18.7 Å². The van der Waals surface area contributed by atoms with Crippen molar-refractivity contribution in [3.63, 3.8) is 0 Å². The first-order chi connectivity index (χ1) is 6.34. The topological polar surface area (TPSA) is 24.9 Å². The van der Waals surface area contributed by atoms with Gasteiger partial charge >= 0.3 is 0 Å². The van der Waals surface area contributed by atoms with Crippen LogP contribution < -0.4 is 5.32 Å². The van der Waals surface area contributed by atoms with E-state index in [1.807, 2.05) is 0 Å². The molecule has 1 aliphatic rings. The Balaban J connectivity index is 2.00. The van der Waals surface area contributed by atoms with Gasteiger partial charge in [-0.1, -0.05) is 0 Å². The molecule has 0 aliphatic carbocycles. The molecule has 0 saturated carbocycles. The van der Waals surface area contributed by atoms with Crippen LogP contribution in [0.15, 0.2) is 18.3 Å². The second kappa shape index (κ2) is 3.83. The molecular formula is C10H13FN2. The molecule has 1 aromatic rings. The van der Waals surface area contributed by atoms with E-state index in [9.17, 15) is 4.39 Å². The molecule has 0 aromatic carbocycles. The van der Waals surface area contributed by atoms with Crippen LogP contribution in [-0.2, 0) is 6.42 Å². The maximum absolute atomic E-state index is 12.8. The molecule has 3 heteroatoms. The molecule has 70 valence electrons. The maximum atomic E-state index is 12.8. The number of nitrogens with one attached hydrogen (secondary N) is 1. The number of aromatic nitrogens is 1. The fourth-order valence-electron chi connectivity index (χ4n) is 1.74. The maximum Gasteiger partial charge on any atom is 0.126 e. The Labute approximate surface area is 77.2 Å². The van der Waals surface area contributed by atoms with Crippen molar-refractivity contribution >= 4 is 0 Å². The average Bonchev–Trinajstić information content (AvgIpc) is 2.57. The van der Waals surface area contributed by atoms with Crippen LogP contribution in [0.25, 0.3) is 0 Å². The predicted molar refractivity (Wildman–Crippen MR) is 48.9 cm³/mol. The zero-order chi connectivity index (χ0) is 9.10. The minimum Gasteiger partial charge on any atom is -0.314 e. The summed E-state index contributed by atoms with van der Waals surface area (Å²) in [7, 11) is 0. The van der Waals surface area contributed by atoms with Crippen LogP contribution in [0.5, 0.6) is 0 Å². The standard InChI is InChI=1S/C10H13FN2/c11-8-3-5-13-10(6-8)7-9-2-1-4-12-9/h3,5-6,9,12H,1-2,4,7H2. The summed E-state index contributed by atoms with van der Waals surface area (Å²) in [4.78, 5) is 4.12. The van der Waals surface area contributed by atoms with Crippen LogP contribution >= 0.6 is 0 Å². The molecule has 1 aliphatic heterocycles. The number of halogens is 1. The highest BCUT2D eigenvalue weighted by molar-refractivity contribution is 5.07. The molecule has 1 atom stereocenters. The summed E-state index contributed by atoms with van der Waals surface area (Å²) < 4.78 is 12.8. The van der Waals surface area contributed by atoms with Crippen molar-refractivity contribution in [2.75, 3.05) is 6.54 Å². The minimum atomic E-state index is -0.192. The molecule has 2 heterocycles. The SMILES string of the molecule is Fc1ccnc(CC2CCCN2)c1. The van der Waals surface area contributed by atoms with E-state index >= 15 is 0 Å². The zero-order valence-electron chi connectivity index (χ0n) is 7.46. The number of hydrogen-bond donors (Lipinski definition) is 1. The van der Waals surface area contributed by atoms with Gasteiger partial charge in [0.15, 0.2) is 0 Å². The van der Waals surface area contributed by atoms with Gasteiger partial charge in [-0.25, -0.2) is 4.39 Å². The third kappa shape index (κ3) is 2.25. The molecule has 0 bridgehead atoms. The van der Waals surface area contributed by atoms with Crippen LogP contribution in [0, 0.1) is 5.82 Å². The average molecular weight is 180 g/mol. The van der Waals surface area contributed by atoms with Gasteiger partial charge in [-0.2, -0.15) is 0 Å². The highest BCUT2D eigenvalue weighted by Gasteiger charge is 2.14. The highest BCUT2D eigenvalue weighted by atomic mass is 19.1. The number of rotatable bonds is 2. The van der Waals surface area contributed by atoms with Gasteiger partial charge in [-0.05, 0) is 31.5 Å². The van der Waals surface area contributed by atoms with Crippen molar-refractivity contribution in [2.24, 2.45) is 0 Å². The molecule has 1 aromatic heterocycles. The van der Waals surface area contributed by atoms with Crippen molar-refractivity contribution < 1.29 is 4.39 Å². The Morgan fingerprint density at radius 3 is 3.23 bits per heavy atom. The Morgan fingerprint density at radius 1 is 1.62 bits per heavy atom.